The van der Waals surface area contributed by atoms with Crippen LogP contribution in [0.25, 0.3) is 0 Å². The van der Waals surface area contributed by atoms with Gasteiger partial charge in [-0.05, 0) is 19.3 Å². The summed E-state index contributed by atoms with van der Waals surface area (Å²) in [6, 6.07) is 0. The summed E-state index contributed by atoms with van der Waals surface area (Å²) in [6.45, 7) is 2.49. The predicted octanol–water partition coefficient (Wildman–Crippen LogP) is 1.23. The molecule has 1 saturated carbocycles. The van der Waals surface area contributed by atoms with E-state index < -0.39 is 11.4 Å². The third-order valence-corrected chi connectivity index (χ3v) is 4.20. The number of aromatic nitrogens is 1. The monoisotopic (exact) mass is 268 g/mol. The van der Waals surface area contributed by atoms with Gasteiger partial charge in [-0.1, -0.05) is 6.92 Å². The highest BCUT2D eigenvalue weighted by Crippen LogP contribution is 2.45. The molecule has 0 bridgehead atoms. The van der Waals surface area contributed by atoms with Crippen molar-refractivity contribution < 1.29 is 14.7 Å². The fraction of sp³-hybridized carbons (Fsp3) is 0.583. The number of nitrogens with one attached hydrogen (secondary N) is 1. The molecule has 6 heteroatoms. The number of carboxylic acid groups (broad SMARTS) is 1. The number of amides is 1. The van der Waals surface area contributed by atoms with Crippen LogP contribution in [0.5, 0.6) is 0 Å². The zero-order valence-corrected chi connectivity index (χ0v) is 11.0. The molecule has 1 heterocycles. The summed E-state index contributed by atoms with van der Waals surface area (Å²) >= 11 is 1.61. The van der Waals surface area contributed by atoms with Gasteiger partial charge in [0.15, 0.2) is 0 Å². The molecule has 0 unspecified atom stereocenters. The normalized spacial score (nSPS) is 16.3. The van der Waals surface area contributed by atoms with E-state index in [1.165, 1.54) is 0 Å². The van der Waals surface area contributed by atoms with E-state index in [0.29, 0.717) is 25.8 Å². The summed E-state index contributed by atoms with van der Waals surface area (Å²) in [7, 11) is 0. The van der Waals surface area contributed by atoms with Crippen LogP contribution in [0.3, 0.4) is 0 Å². The fourth-order valence-corrected chi connectivity index (χ4v) is 2.54. The van der Waals surface area contributed by atoms with Gasteiger partial charge in [0.2, 0.25) is 5.91 Å². The molecule has 2 N–H and O–H groups in total. The van der Waals surface area contributed by atoms with Crippen LogP contribution in [-0.4, -0.2) is 28.5 Å². The van der Waals surface area contributed by atoms with Gasteiger partial charge in [-0.2, -0.15) is 0 Å². The second-order valence-electron chi connectivity index (χ2n) is 4.48. The van der Waals surface area contributed by atoms with Crippen molar-refractivity contribution in [2.75, 3.05) is 6.54 Å². The highest BCUT2D eigenvalue weighted by atomic mass is 32.1. The first-order valence-electron chi connectivity index (χ1n) is 6.03. The summed E-state index contributed by atoms with van der Waals surface area (Å²) in [5.74, 6) is -1.37. The van der Waals surface area contributed by atoms with E-state index in [-0.39, 0.29) is 5.91 Å². The number of aryl methyl sites for hydroxylation is 1. The van der Waals surface area contributed by atoms with Crippen molar-refractivity contribution in [2.45, 2.75) is 32.6 Å². The van der Waals surface area contributed by atoms with Crippen LogP contribution in [0.15, 0.2) is 5.38 Å². The van der Waals surface area contributed by atoms with Gasteiger partial charge in [0.1, 0.15) is 5.41 Å². The Morgan fingerprint density at radius 1 is 1.56 bits per heavy atom. The third kappa shape index (κ3) is 2.53. The average molecular weight is 268 g/mol. The Hall–Kier alpha value is -1.43. The van der Waals surface area contributed by atoms with Crippen LogP contribution < -0.4 is 5.32 Å². The molecule has 1 aromatic heterocycles. The molecule has 1 aliphatic rings. The van der Waals surface area contributed by atoms with Crippen molar-refractivity contribution in [2.24, 2.45) is 5.41 Å². The summed E-state index contributed by atoms with van der Waals surface area (Å²) in [5, 5.41) is 14.7. The summed E-state index contributed by atoms with van der Waals surface area (Å²) in [5.41, 5.74) is -0.186. The lowest BCUT2D eigenvalue weighted by molar-refractivity contribution is -0.149. The van der Waals surface area contributed by atoms with E-state index in [4.69, 9.17) is 5.11 Å². The Bertz CT molecular complexity index is 466. The van der Waals surface area contributed by atoms with Gasteiger partial charge >= 0.3 is 5.97 Å². The van der Waals surface area contributed by atoms with Gasteiger partial charge < -0.3 is 10.4 Å². The minimum atomic E-state index is -1.14. The first-order valence-corrected chi connectivity index (χ1v) is 6.91. The van der Waals surface area contributed by atoms with Crippen molar-refractivity contribution in [3.05, 3.63) is 16.1 Å². The van der Waals surface area contributed by atoms with E-state index >= 15 is 0 Å². The van der Waals surface area contributed by atoms with Gasteiger partial charge in [-0.3, -0.25) is 9.59 Å². The molecule has 1 amide bonds. The predicted molar refractivity (Wildman–Crippen MR) is 67.5 cm³/mol. The minimum absolute atomic E-state index is 0.360. The number of nitrogens with zero attached hydrogens (tertiary/aromatic N) is 1. The standard InChI is InChI=1S/C12H16N2O3S/c1-2-9-14-8(7-18-9)3-6-13-10(15)12(4-5-12)11(16)17/h7H,2-6H2,1H3,(H,13,15)(H,16,17). The van der Waals surface area contributed by atoms with Gasteiger partial charge in [0.25, 0.3) is 0 Å². The average Bonchev–Trinajstić information content (AvgIpc) is 3.04. The van der Waals surface area contributed by atoms with Crippen LogP contribution in [-0.2, 0) is 22.4 Å². The molecule has 1 fully saturated rings. The van der Waals surface area contributed by atoms with Gasteiger partial charge in [0.05, 0.1) is 10.7 Å². The molecule has 1 aromatic rings. The Labute approximate surface area is 109 Å². The second-order valence-corrected chi connectivity index (χ2v) is 5.42. The van der Waals surface area contributed by atoms with Crippen LogP contribution in [0.2, 0.25) is 0 Å². The Morgan fingerprint density at radius 3 is 2.78 bits per heavy atom. The molecule has 0 atom stereocenters. The summed E-state index contributed by atoms with van der Waals surface area (Å²) in [4.78, 5) is 27.0. The number of carbonyl (C=O) groups is 2. The largest absolute Gasteiger partial charge is 0.480 e. The Morgan fingerprint density at radius 2 is 2.28 bits per heavy atom. The zero-order chi connectivity index (χ0) is 13.2. The molecule has 0 saturated heterocycles. The van der Waals surface area contributed by atoms with Crippen LogP contribution >= 0.6 is 11.3 Å². The first-order chi connectivity index (χ1) is 8.58. The molecular weight excluding hydrogens is 252 g/mol. The maximum absolute atomic E-state index is 11.7. The maximum Gasteiger partial charge on any atom is 0.319 e. The molecule has 0 aromatic carbocycles. The van der Waals surface area contributed by atoms with Crippen molar-refractivity contribution in [1.82, 2.24) is 10.3 Å². The van der Waals surface area contributed by atoms with Crippen molar-refractivity contribution in [3.8, 4) is 0 Å². The number of aliphatic carboxylic acids is 1. The molecule has 5 nitrogen and oxygen atoms in total. The van der Waals surface area contributed by atoms with Crippen molar-refractivity contribution in [1.29, 1.82) is 0 Å². The van der Waals surface area contributed by atoms with Crippen molar-refractivity contribution in [3.63, 3.8) is 0 Å². The van der Waals surface area contributed by atoms with Gasteiger partial charge in [0, 0.05) is 18.3 Å². The lowest BCUT2D eigenvalue weighted by Gasteiger charge is -2.09. The Kier molecular flexibility index (Phi) is 3.65. The van der Waals surface area contributed by atoms with E-state index in [1.54, 1.807) is 11.3 Å². The first kappa shape index (κ1) is 13.0. The van der Waals surface area contributed by atoms with E-state index in [0.717, 1.165) is 17.1 Å². The van der Waals surface area contributed by atoms with E-state index in [1.807, 2.05) is 12.3 Å². The van der Waals surface area contributed by atoms with Crippen molar-refractivity contribution >= 4 is 23.2 Å². The summed E-state index contributed by atoms with van der Waals surface area (Å²) in [6.07, 6.45) is 2.47. The molecule has 18 heavy (non-hydrogen) atoms. The lowest BCUT2D eigenvalue weighted by atomic mass is 10.1. The molecule has 2 rings (SSSR count). The Balaban J connectivity index is 1.79. The van der Waals surface area contributed by atoms with E-state index in [9.17, 15) is 9.59 Å². The number of hydrogen-bond donors (Lipinski definition) is 2. The molecule has 0 radical (unpaired) electrons. The lowest BCUT2D eigenvalue weighted by Crippen LogP contribution is -2.37. The molecular formula is C12H16N2O3S. The maximum atomic E-state index is 11.7. The SMILES string of the molecule is CCc1nc(CCNC(=O)C2(C(=O)O)CC2)cs1. The number of carbonyl (C=O) groups excluding carboxylic acids is 1. The third-order valence-electron chi connectivity index (χ3n) is 3.16. The van der Waals surface area contributed by atoms with Crippen LogP contribution in [0.1, 0.15) is 30.5 Å². The number of rotatable bonds is 6. The molecule has 0 aliphatic heterocycles. The van der Waals surface area contributed by atoms with Gasteiger partial charge in [-0.15, -0.1) is 11.3 Å². The summed E-state index contributed by atoms with van der Waals surface area (Å²) < 4.78 is 0. The smallest absolute Gasteiger partial charge is 0.319 e. The fourth-order valence-electron chi connectivity index (χ4n) is 1.76. The second kappa shape index (κ2) is 5.06. The van der Waals surface area contributed by atoms with Crippen LogP contribution in [0.4, 0.5) is 0 Å². The number of carboxylic acids is 1. The zero-order valence-electron chi connectivity index (χ0n) is 10.2. The highest BCUT2D eigenvalue weighted by Gasteiger charge is 2.56. The minimum Gasteiger partial charge on any atom is -0.480 e. The number of hydrogen-bond acceptors (Lipinski definition) is 4. The highest BCUT2D eigenvalue weighted by molar-refractivity contribution is 7.09. The van der Waals surface area contributed by atoms with E-state index in [2.05, 4.69) is 10.3 Å². The van der Waals surface area contributed by atoms with Gasteiger partial charge in [-0.25, -0.2) is 4.98 Å². The molecule has 0 spiro atoms. The van der Waals surface area contributed by atoms with Crippen LogP contribution in [0, 0.1) is 5.41 Å². The quantitative estimate of drug-likeness (QED) is 0.760. The molecule has 1 aliphatic carbocycles. The number of thiazole rings is 1. The topological polar surface area (TPSA) is 79.3 Å². The molecule has 98 valence electrons.